The van der Waals surface area contributed by atoms with E-state index in [-0.39, 0.29) is 5.38 Å². The zero-order valence-electron chi connectivity index (χ0n) is 7.44. The molecular formula is C10H8Cl3N. The van der Waals surface area contributed by atoms with E-state index >= 15 is 0 Å². The maximum absolute atomic E-state index is 7.52. The van der Waals surface area contributed by atoms with Crippen LogP contribution in [0.2, 0.25) is 0 Å². The molecule has 1 atom stereocenters. The van der Waals surface area contributed by atoms with Crippen LogP contribution in [0, 0.1) is 5.41 Å². The van der Waals surface area contributed by atoms with Crippen LogP contribution in [0.15, 0.2) is 34.9 Å². The van der Waals surface area contributed by atoms with Crippen molar-refractivity contribution in [3.63, 3.8) is 0 Å². The van der Waals surface area contributed by atoms with Crippen molar-refractivity contribution in [2.75, 3.05) is 0 Å². The Bertz CT molecular complexity index is 402. The SMILES string of the molecule is CC1=CC(=C2C(Cl)C2(Cl)Cl)C=CC1=N. The number of rotatable bonds is 0. The van der Waals surface area contributed by atoms with Gasteiger partial charge in [0.15, 0.2) is 4.33 Å². The highest BCUT2D eigenvalue weighted by molar-refractivity contribution is 6.60. The Hall–Kier alpha value is -0.240. The second-order valence-corrected chi connectivity index (χ2v) is 5.25. The Morgan fingerprint density at radius 2 is 1.93 bits per heavy atom. The molecular weight excluding hydrogens is 240 g/mol. The Morgan fingerprint density at radius 1 is 1.36 bits per heavy atom. The van der Waals surface area contributed by atoms with Gasteiger partial charge in [0.2, 0.25) is 0 Å². The molecule has 4 heteroatoms. The smallest absolute Gasteiger partial charge is 0.161 e. The first-order chi connectivity index (χ1) is 6.44. The van der Waals surface area contributed by atoms with Crippen molar-refractivity contribution in [3.8, 4) is 0 Å². The number of allylic oxidation sites excluding steroid dienone is 6. The van der Waals surface area contributed by atoms with Crippen LogP contribution in [-0.4, -0.2) is 15.4 Å². The summed E-state index contributed by atoms with van der Waals surface area (Å²) in [5.74, 6) is 0. The van der Waals surface area contributed by atoms with Gasteiger partial charge in [-0.15, -0.1) is 11.6 Å². The van der Waals surface area contributed by atoms with Gasteiger partial charge in [0, 0.05) is 0 Å². The third-order valence-electron chi connectivity index (χ3n) is 2.38. The van der Waals surface area contributed by atoms with Crippen LogP contribution in [0.4, 0.5) is 0 Å². The molecule has 0 bridgehead atoms. The summed E-state index contributed by atoms with van der Waals surface area (Å²) in [6.45, 7) is 1.88. The average molecular weight is 249 g/mol. The predicted octanol–water partition coefficient (Wildman–Crippen LogP) is 3.61. The van der Waals surface area contributed by atoms with Gasteiger partial charge in [0.25, 0.3) is 0 Å². The summed E-state index contributed by atoms with van der Waals surface area (Å²) in [5, 5.41) is 7.21. The highest BCUT2D eigenvalue weighted by atomic mass is 35.5. The van der Waals surface area contributed by atoms with Gasteiger partial charge >= 0.3 is 0 Å². The summed E-state index contributed by atoms with van der Waals surface area (Å²) < 4.78 is -0.919. The molecule has 0 saturated heterocycles. The Kier molecular flexibility index (Phi) is 2.30. The summed E-state index contributed by atoms with van der Waals surface area (Å²) in [4.78, 5) is 0. The van der Waals surface area contributed by atoms with E-state index in [4.69, 9.17) is 40.2 Å². The zero-order valence-corrected chi connectivity index (χ0v) is 9.71. The van der Waals surface area contributed by atoms with E-state index in [1.165, 1.54) is 0 Å². The maximum Gasteiger partial charge on any atom is 0.161 e. The fraction of sp³-hybridized carbons (Fsp3) is 0.300. The van der Waals surface area contributed by atoms with Gasteiger partial charge in [-0.25, -0.2) is 0 Å². The van der Waals surface area contributed by atoms with Gasteiger partial charge in [0.1, 0.15) is 0 Å². The lowest BCUT2D eigenvalue weighted by atomic mass is 10.0. The summed E-state index contributed by atoms with van der Waals surface area (Å²) in [6.07, 6.45) is 5.44. The van der Waals surface area contributed by atoms with Crippen molar-refractivity contribution in [3.05, 3.63) is 34.9 Å². The number of alkyl halides is 3. The molecule has 1 unspecified atom stereocenters. The van der Waals surface area contributed by atoms with Crippen LogP contribution >= 0.6 is 34.8 Å². The van der Waals surface area contributed by atoms with Crippen molar-refractivity contribution >= 4 is 40.5 Å². The van der Waals surface area contributed by atoms with Crippen molar-refractivity contribution in [2.24, 2.45) is 0 Å². The standard InChI is InChI=1S/C10H8Cl3N/c1-5-4-6(2-3-7(5)14)8-9(11)10(8,12)13/h2-4,9,14H,1H3. The fourth-order valence-corrected chi connectivity index (χ4v) is 2.43. The molecule has 2 aliphatic rings. The zero-order chi connectivity index (χ0) is 10.5. The van der Waals surface area contributed by atoms with Crippen molar-refractivity contribution in [1.82, 2.24) is 0 Å². The van der Waals surface area contributed by atoms with Gasteiger partial charge < -0.3 is 5.41 Å². The van der Waals surface area contributed by atoms with Crippen LogP contribution in [0.5, 0.6) is 0 Å². The minimum atomic E-state index is -0.919. The quantitative estimate of drug-likeness (QED) is 0.633. The first kappa shape index (κ1) is 10.3. The molecule has 0 aliphatic heterocycles. The summed E-state index contributed by atoms with van der Waals surface area (Å²) in [7, 11) is 0. The minimum Gasteiger partial charge on any atom is -0.301 e. The average Bonchev–Trinajstić information content (AvgIpc) is 2.58. The first-order valence-electron chi connectivity index (χ1n) is 4.16. The third kappa shape index (κ3) is 1.44. The molecule has 0 spiro atoms. The van der Waals surface area contributed by atoms with Crippen molar-refractivity contribution in [1.29, 1.82) is 5.41 Å². The van der Waals surface area contributed by atoms with Crippen LogP contribution in [-0.2, 0) is 0 Å². The number of hydrogen-bond donors (Lipinski definition) is 1. The predicted molar refractivity (Wildman–Crippen MR) is 61.7 cm³/mol. The van der Waals surface area contributed by atoms with E-state index in [0.717, 1.165) is 16.7 Å². The molecule has 2 aliphatic carbocycles. The molecule has 1 N–H and O–H groups in total. The highest BCUT2D eigenvalue weighted by Gasteiger charge is 2.58. The van der Waals surface area contributed by atoms with E-state index in [2.05, 4.69) is 0 Å². The molecule has 0 aromatic carbocycles. The molecule has 0 radical (unpaired) electrons. The molecule has 0 amide bonds. The minimum absolute atomic E-state index is 0.304. The largest absolute Gasteiger partial charge is 0.301 e. The van der Waals surface area contributed by atoms with Gasteiger partial charge in [-0.05, 0) is 35.8 Å². The second-order valence-electron chi connectivity index (χ2n) is 3.43. The lowest BCUT2D eigenvalue weighted by Crippen LogP contribution is -1.99. The highest BCUT2D eigenvalue weighted by Crippen LogP contribution is 2.58. The van der Waals surface area contributed by atoms with E-state index in [1.54, 1.807) is 6.08 Å². The summed E-state index contributed by atoms with van der Waals surface area (Å²) in [5.41, 5.74) is 3.18. The van der Waals surface area contributed by atoms with Gasteiger partial charge in [-0.2, -0.15) is 0 Å². The lowest BCUT2D eigenvalue weighted by Gasteiger charge is -2.06. The van der Waals surface area contributed by atoms with E-state index < -0.39 is 4.33 Å². The Balaban J connectivity index is 2.41. The van der Waals surface area contributed by atoms with Crippen molar-refractivity contribution < 1.29 is 0 Å². The normalized spacial score (nSPS) is 34.4. The molecule has 0 aromatic rings. The first-order valence-corrected chi connectivity index (χ1v) is 5.35. The van der Waals surface area contributed by atoms with Gasteiger partial charge in [-0.3, -0.25) is 0 Å². The molecule has 14 heavy (non-hydrogen) atoms. The van der Waals surface area contributed by atoms with Crippen molar-refractivity contribution in [2.45, 2.75) is 16.6 Å². The molecule has 74 valence electrons. The number of nitrogens with one attached hydrogen (secondary N) is 1. The topological polar surface area (TPSA) is 23.9 Å². The molecule has 1 nitrogen and oxygen atoms in total. The lowest BCUT2D eigenvalue weighted by molar-refractivity contribution is 1.38. The molecule has 0 aromatic heterocycles. The Morgan fingerprint density at radius 3 is 2.36 bits per heavy atom. The van der Waals surface area contributed by atoms with Crippen LogP contribution in [0.3, 0.4) is 0 Å². The third-order valence-corrected chi connectivity index (χ3v) is 4.00. The Labute approximate surface area is 97.5 Å². The number of hydrogen-bond acceptors (Lipinski definition) is 1. The second kappa shape index (κ2) is 3.13. The molecule has 1 saturated carbocycles. The van der Waals surface area contributed by atoms with E-state index in [1.807, 2.05) is 19.1 Å². The van der Waals surface area contributed by atoms with Crippen LogP contribution in [0.1, 0.15) is 6.92 Å². The van der Waals surface area contributed by atoms with Gasteiger partial charge in [0.05, 0.1) is 11.1 Å². The van der Waals surface area contributed by atoms with Crippen LogP contribution in [0.25, 0.3) is 0 Å². The number of halogens is 3. The molecule has 0 heterocycles. The van der Waals surface area contributed by atoms with E-state index in [0.29, 0.717) is 5.71 Å². The van der Waals surface area contributed by atoms with Gasteiger partial charge in [-0.1, -0.05) is 29.3 Å². The maximum atomic E-state index is 7.52. The summed E-state index contributed by atoms with van der Waals surface area (Å²) in [6, 6.07) is 0. The van der Waals surface area contributed by atoms with Crippen LogP contribution < -0.4 is 0 Å². The summed E-state index contributed by atoms with van der Waals surface area (Å²) >= 11 is 17.8. The molecule has 1 fully saturated rings. The fourth-order valence-electron chi connectivity index (χ4n) is 1.42. The molecule has 2 rings (SSSR count). The monoisotopic (exact) mass is 247 g/mol. The van der Waals surface area contributed by atoms with E-state index in [9.17, 15) is 0 Å².